The summed E-state index contributed by atoms with van der Waals surface area (Å²) in [5.41, 5.74) is 7.94. The first-order valence-corrected chi connectivity index (χ1v) is 16.3. The second-order valence-electron chi connectivity index (χ2n) is 11.2. The summed E-state index contributed by atoms with van der Waals surface area (Å²) in [6.45, 7) is 4.73. The molecule has 6 heteroatoms. The smallest absolute Gasteiger partial charge is 0.169 e. The SMILES string of the molecule is Cc1cccc(N(c2cccc(C)c2)c2ccc3cc(/C=C/c4cc[n+](CCCS(=O)(=O)[O-])cc4)c4ccccc4c3c2)c1. The summed E-state index contributed by atoms with van der Waals surface area (Å²) in [5.74, 6) is -0.353. The largest absolute Gasteiger partial charge is 0.748 e. The molecule has 0 radical (unpaired) electrons. The maximum atomic E-state index is 10.9. The van der Waals surface area contributed by atoms with Crippen LogP contribution >= 0.6 is 0 Å². The van der Waals surface area contributed by atoms with Crippen LogP contribution in [0, 0.1) is 13.8 Å². The van der Waals surface area contributed by atoms with Gasteiger partial charge in [-0.05, 0) is 100 Å². The Bertz CT molecular complexity index is 2060. The van der Waals surface area contributed by atoms with Gasteiger partial charge >= 0.3 is 0 Å². The third-order valence-electron chi connectivity index (χ3n) is 7.84. The molecule has 0 aliphatic heterocycles. The zero-order valence-corrected chi connectivity index (χ0v) is 25.7. The summed E-state index contributed by atoms with van der Waals surface area (Å²) in [5, 5.41) is 4.73. The maximum absolute atomic E-state index is 10.9. The zero-order valence-electron chi connectivity index (χ0n) is 24.9. The summed E-state index contributed by atoms with van der Waals surface area (Å²) in [4.78, 5) is 2.32. The Morgan fingerprint density at radius 2 is 1.32 bits per heavy atom. The lowest BCUT2D eigenvalue weighted by Crippen LogP contribution is -2.33. The topological polar surface area (TPSA) is 64.3 Å². The third kappa shape index (κ3) is 6.72. The van der Waals surface area contributed by atoms with Crippen molar-refractivity contribution in [1.29, 1.82) is 0 Å². The third-order valence-corrected chi connectivity index (χ3v) is 8.63. The van der Waals surface area contributed by atoms with Crippen LogP contribution in [0.15, 0.2) is 122 Å². The molecule has 0 spiro atoms. The fourth-order valence-corrected chi connectivity index (χ4v) is 6.20. The molecular weight excluding hydrogens is 564 g/mol. The molecule has 1 aromatic heterocycles. The van der Waals surface area contributed by atoms with E-state index in [1.165, 1.54) is 32.7 Å². The van der Waals surface area contributed by atoms with Gasteiger partial charge in [0, 0.05) is 41.4 Å². The van der Waals surface area contributed by atoms with E-state index in [9.17, 15) is 13.0 Å². The Balaban J connectivity index is 1.36. The Kier molecular flexibility index (Phi) is 8.29. The van der Waals surface area contributed by atoms with E-state index in [0.29, 0.717) is 13.0 Å². The van der Waals surface area contributed by atoms with Crippen LogP contribution in [0.25, 0.3) is 33.7 Å². The molecule has 0 bridgehead atoms. The molecule has 5 aromatic carbocycles. The molecule has 0 saturated carbocycles. The molecule has 0 fully saturated rings. The summed E-state index contributed by atoms with van der Waals surface area (Å²) >= 11 is 0. The zero-order chi connectivity index (χ0) is 30.7. The predicted molar refractivity (Wildman–Crippen MR) is 180 cm³/mol. The average molecular weight is 599 g/mol. The van der Waals surface area contributed by atoms with Crippen molar-refractivity contribution < 1.29 is 17.5 Å². The fourth-order valence-electron chi connectivity index (χ4n) is 5.72. The lowest BCUT2D eigenvalue weighted by atomic mass is 9.96. The van der Waals surface area contributed by atoms with Gasteiger partial charge in [-0.1, -0.05) is 66.7 Å². The monoisotopic (exact) mass is 598 g/mol. The summed E-state index contributed by atoms with van der Waals surface area (Å²) in [6.07, 6.45) is 8.34. The van der Waals surface area contributed by atoms with Crippen LogP contribution in [0.4, 0.5) is 17.1 Å². The number of fused-ring (bicyclic) bond motifs is 3. The Morgan fingerprint density at radius 3 is 1.95 bits per heavy atom. The van der Waals surface area contributed by atoms with Crippen molar-refractivity contribution in [1.82, 2.24) is 0 Å². The van der Waals surface area contributed by atoms with E-state index in [1.807, 2.05) is 29.1 Å². The fraction of sp³-hybridized carbons (Fsp3) is 0.132. The van der Waals surface area contributed by atoms with E-state index in [2.05, 4.69) is 128 Å². The van der Waals surface area contributed by atoms with Crippen molar-refractivity contribution in [2.45, 2.75) is 26.8 Å². The van der Waals surface area contributed by atoms with Gasteiger partial charge in [-0.3, -0.25) is 0 Å². The van der Waals surface area contributed by atoms with E-state index in [4.69, 9.17) is 0 Å². The van der Waals surface area contributed by atoms with E-state index in [-0.39, 0.29) is 5.75 Å². The molecule has 5 nitrogen and oxygen atoms in total. The van der Waals surface area contributed by atoms with Crippen LogP contribution in [-0.4, -0.2) is 18.7 Å². The Labute approximate surface area is 259 Å². The normalized spacial score (nSPS) is 11.9. The first-order chi connectivity index (χ1) is 21.2. The van der Waals surface area contributed by atoms with Gasteiger partial charge < -0.3 is 9.45 Å². The highest BCUT2D eigenvalue weighted by Gasteiger charge is 2.15. The molecular formula is C38H34N2O3S. The number of benzene rings is 5. The van der Waals surface area contributed by atoms with Gasteiger partial charge in [0.15, 0.2) is 12.4 Å². The van der Waals surface area contributed by atoms with Gasteiger partial charge in [-0.25, -0.2) is 13.0 Å². The minimum Gasteiger partial charge on any atom is -0.748 e. The molecule has 6 aromatic rings. The van der Waals surface area contributed by atoms with Crippen molar-refractivity contribution in [2.75, 3.05) is 10.7 Å². The van der Waals surface area contributed by atoms with Crippen molar-refractivity contribution >= 4 is 60.9 Å². The lowest BCUT2D eigenvalue weighted by molar-refractivity contribution is -0.696. The summed E-state index contributed by atoms with van der Waals surface area (Å²) in [6, 6.07) is 38.7. The second kappa shape index (κ2) is 12.4. The van der Waals surface area contributed by atoms with Crippen LogP contribution in [-0.2, 0) is 16.7 Å². The van der Waals surface area contributed by atoms with Crippen molar-refractivity contribution in [3.05, 3.63) is 144 Å². The molecule has 0 amide bonds. The second-order valence-corrected chi connectivity index (χ2v) is 12.8. The highest BCUT2D eigenvalue weighted by molar-refractivity contribution is 7.85. The minimum atomic E-state index is -4.19. The van der Waals surface area contributed by atoms with E-state index in [0.717, 1.165) is 28.2 Å². The number of hydrogen-bond donors (Lipinski definition) is 0. The highest BCUT2D eigenvalue weighted by atomic mass is 32.2. The molecule has 1 heterocycles. The summed E-state index contributed by atoms with van der Waals surface area (Å²) in [7, 11) is -4.19. The van der Waals surface area contributed by atoms with Crippen molar-refractivity contribution in [2.24, 2.45) is 0 Å². The van der Waals surface area contributed by atoms with Gasteiger partial charge in [0.2, 0.25) is 0 Å². The van der Waals surface area contributed by atoms with E-state index >= 15 is 0 Å². The molecule has 0 atom stereocenters. The molecule has 44 heavy (non-hydrogen) atoms. The quantitative estimate of drug-likeness (QED) is 0.0951. The number of rotatable bonds is 9. The Hall–Kier alpha value is -4.78. The van der Waals surface area contributed by atoms with Crippen LogP contribution in [0.2, 0.25) is 0 Å². The van der Waals surface area contributed by atoms with Gasteiger partial charge in [0.1, 0.15) is 6.54 Å². The number of aromatic nitrogens is 1. The van der Waals surface area contributed by atoms with Crippen LogP contribution < -0.4 is 9.47 Å². The first kappa shape index (κ1) is 29.3. The first-order valence-electron chi connectivity index (χ1n) is 14.7. The molecule has 0 aliphatic carbocycles. The van der Waals surface area contributed by atoms with Crippen molar-refractivity contribution in [3.8, 4) is 0 Å². The number of aryl methyl sites for hydroxylation is 3. The predicted octanol–water partition coefficient (Wildman–Crippen LogP) is 8.47. The van der Waals surface area contributed by atoms with E-state index < -0.39 is 10.1 Å². The van der Waals surface area contributed by atoms with Crippen molar-refractivity contribution in [3.63, 3.8) is 0 Å². The molecule has 0 N–H and O–H groups in total. The number of hydrogen-bond acceptors (Lipinski definition) is 4. The number of pyridine rings is 1. The molecule has 6 rings (SSSR count). The van der Waals surface area contributed by atoms with Crippen LogP contribution in [0.3, 0.4) is 0 Å². The molecule has 0 saturated heterocycles. The van der Waals surface area contributed by atoms with Gasteiger partial charge in [-0.2, -0.15) is 0 Å². The van der Waals surface area contributed by atoms with Gasteiger partial charge in [0.25, 0.3) is 0 Å². The maximum Gasteiger partial charge on any atom is 0.169 e. The molecule has 220 valence electrons. The standard InChI is InChI=1S/C38H34N2O3S/c1-28-8-5-10-33(24-28)40(34-11-6-9-29(2)25-34)35-17-16-32-26-31(36-12-3-4-13-37(36)38(32)27-35)15-14-30-18-21-39(22-19-30)20-7-23-44(41,42)43/h3-6,8-19,21-22,24-27H,7,20,23H2,1-2H3. The average Bonchev–Trinajstić information content (AvgIpc) is 3.00. The van der Waals surface area contributed by atoms with Gasteiger partial charge in [-0.15, -0.1) is 0 Å². The molecule has 0 aliphatic rings. The van der Waals surface area contributed by atoms with E-state index in [1.54, 1.807) is 0 Å². The number of nitrogens with zero attached hydrogens (tertiary/aromatic N) is 2. The van der Waals surface area contributed by atoms with Crippen LogP contribution in [0.5, 0.6) is 0 Å². The number of anilines is 3. The Morgan fingerprint density at radius 1 is 0.682 bits per heavy atom. The lowest BCUT2D eigenvalue weighted by Gasteiger charge is -2.26. The highest BCUT2D eigenvalue weighted by Crippen LogP contribution is 2.39. The van der Waals surface area contributed by atoms with Crippen LogP contribution in [0.1, 0.15) is 28.7 Å². The summed E-state index contributed by atoms with van der Waals surface area (Å²) < 4.78 is 34.5. The van der Waals surface area contributed by atoms with Gasteiger partial charge in [0.05, 0.1) is 10.1 Å². The molecule has 0 unspecified atom stereocenters. The minimum absolute atomic E-state index is 0.296.